The van der Waals surface area contributed by atoms with E-state index in [1.54, 1.807) is 13.8 Å². The number of cyclic esters (lactones) is 1. The number of methoxy groups -OCH3 is 1. The maximum atomic E-state index is 13.8. The maximum Gasteiger partial charge on any atom is 0.430 e. The first-order chi connectivity index (χ1) is 11.1. The van der Waals surface area contributed by atoms with Gasteiger partial charge in [-0.25, -0.2) is 4.79 Å². The Labute approximate surface area is 137 Å². The standard InChI is InChI=1S/C16H18F3NO4/c1-14(2)9-24-12(21)11(14)20-13(22)15(23-3,16(17,18)19)10-7-5-4-6-8-10/h4-8,11H,9H2,1-3H3,(H,20,22)/t11-,15+/m1/s1. The summed E-state index contributed by atoms with van der Waals surface area (Å²) in [5, 5.41) is 2.16. The van der Waals surface area contributed by atoms with E-state index in [9.17, 15) is 22.8 Å². The average Bonchev–Trinajstić information content (AvgIpc) is 2.75. The molecule has 0 aliphatic carbocycles. The zero-order valence-corrected chi connectivity index (χ0v) is 13.4. The van der Waals surface area contributed by atoms with E-state index in [4.69, 9.17) is 4.74 Å². The highest BCUT2D eigenvalue weighted by molar-refractivity contribution is 5.92. The van der Waals surface area contributed by atoms with Gasteiger partial charge in [0.2, 0.25) is 0 Å². The number of rotatable bonds is 4. The Balaban J connectivity index is 2.45. The van der Waals surface area contributed by atoms with E-state index in [0.29, 0.717) is 0 Å². The molecule has 0 spiro atoms. The van der Waals surface area contributed by atoms with Crippen LogP contribution in [0.1, 0.15) is 19.4 Å². The summed E-state index contributed by atoms with van der Waals surface area (Å²) in [6, 6.07) is 5.37. The predicted octanol–water partition coefficient (Wildman–Crippen LogP) is 2.16. The molecule has 24 heavy (non-hydrogen) atoms. The third-order valence-corrected chi connectivity index (χ3v) is 4.08. The van der Waals surface area contributed by atoms with Gasteiger partial charge in [-0.3, -0.25) is 4.79 Å². The fourth-order valence-electron chi connectivity index (χ4n) is 2.65. The molecule has 1 heterocycles. The molecule has 1 saturated heterocycles. The molecule has 1 fully saturated rings. The minimum Gasteiger partial charge on any atom is -0.463 e. The Kier molecular flexibility index (Phi) is 4.63. The Morgan fingerprint density at radius 2 is 1.88 bits per heavy atom. The summed E-state index contributed by atoms with van der Waals surface area (Å²) in [6.45, 7) is 3.25. The molecule has 1 aromatic rings. The predicted molar refractivity (Wildman–Crippen MR) is 77.9 cm³/mol. The quantitative estimate of drug-likeness (QED) is 0.850. The number of benzene rings is 1. The lowest BCUT2D eigenvalue weighted by Gasteiger charge is -2.35. The first kappa shape index (κ1) is 18.3. The molecule has 5 nitrogen and oxygen atoms in total. The summed E-state index contributed by atoms with van der Waals surface area (Å²) in [4.78, 5) is 24.3. The number of hydrogen-bond donors (Lipinski definition) is 1. The molecule has 2 rings (SSSR count). The van der Waals surface area contributed by atoms with Crippen molar-refractivity contribution in [1.82, 2.24) is 5.32 Å². The molecule has 1 aromatic carbocycles. The normalized spacial score (nSPS) is 22.6. The third kappa shape index (κ3) is 2.86. The van der Waals surface area contributed by atoms with Crippen LogP contribution in [0, 0.1) is 5.41 Å². The van der Waals surface area contributed by atoms with E-state index in [1.165, 1.54) is 18.2 Å². The fourth-order valence-corrected chi connectivity index (χ4v) is 2.65. The van der Waals surface area contributed by atoms with Gasteiger partial charge in [0.25, 0.3) is 11.5 Å². The second-order valence-corrected chi connectivity index (χ2v) is 6.25. The van der Waals surface area contributed by atoms with Gasteiger partial charge in [0.15, 0.2) is 0 Å². The number of alkyl halides is 3. The van der Waals surface area contributed by atoms with Crippen LogP contribution in [-0.2, 0) is 24.7 Å². The second kappa shape index (κ2) is 6.08. The number of halogens is 3. The summed E-state index contributed by atoms with van der Waals surface area (Å²) >= 11 is 0. The van der Waals surface area contributed by atoms with E-state index < -0.39 is 35.1 Å². The summed E-state index contributed by atoms with van der Waals surface area (Å²) in [7, 11) is 0.804. The number of carbonyl (C=O) groups is 2. The van der Waals surface area contributed by atoms with Crippen LogP contribution in [0.5, 0.6) is 0 Å². The van der Waals surface area contributed by atoms with Crippen molar-refractivity contribution in [2.24, 2.45) is 5.41 Å². The highest BCUT2D eigenvalue weighted by Gasteiger charge is 2.63. The molecule has 132 valence electrons. The van der Waals surface area contributed by atoms with Crippen LogP contribution in [0.25, 0.3) is 0 Å². The van der Waals surface area contributed by atoms with Crippen molar-refractivity contribution >= 4 is 11.9 Å². The molecule has 8 heteroatoms. The van der Waals surface area contributed by atoms with Gasteiger partial charge in [-0.15, -0.1) is 0 Å². The van der Waals surface area contributed by atoms with Crippen LogP contribution >= 0.6 is 0 Å². The van der Waals surface area contributed by atoms with Crippen LogP contribution in [0.4, 0.5) is 13.2 Å². The van der Waals surface area contributed by atoms with Crippen molar-refractivity contribution in [3.05, 3.63) is 35.9 Å². The van der Waals surface area contributed by atoms with Gasteiger partial charge in [0.1, 0.15) is 6.04 Å². The topological polar surface area (TPSA) is 64.6 Å². The van der Waals surface area contributed by atoms with Gasteiger partial charge in [-0.05, 0) is 0 Å². The van der Waals surface area contributed by atoms with Gasteiger partial charge in [-0.1, -0.05) is 44.2 Å². The molecule has 1 aliphatic heterocycles. The van der Waals surface area contributed by atoms with E-state index in [1.807, 2.05) is 0 Å². The molecule has 0 radical (unpaired) electrons. The third-order valence-electron chi connectivity index (χ3n) is 4.08. The molecule has 0 unspecified atom stereocenters. The molecule has 1 aliphatic rings. The average molecular weight is 345 g/mol. The highest BCUT2D eigenvalue weighted by atomic mass is 19.4. The van der Waals surface area contributed by atoms with Crippen molar-refractivity contribution in [1.29, 1.82) is 0 Å². The number of carbonyl (C=O) groups excluding carboxylic acids is 2. The van der Waals surface area contributed by atoms with Crippen molar-refractivity contribution in [3.63, 3.8) is 0 Å². The first-order valence-corrected chi connectivity index (χ1v) is 7.21. The number of hydrogen-bond acceptors (Lipinski definition) is 4. The van der Waals surface area contributed by atoms with Crippen LogP contribution in [0.3, 0.4) is 0 Å². The molecule has 1 amide bonds. The fraction of sp³-hybridized carbons (Fsp3) is 0.500. The molecular weight excluding hydrogens is 327 g/mol. The first-order valence-electron chi connectivity index (χ1n) is 7.21. The number of ether oxygens (including phenoxy) is 2. The van der Waals surface area contributed by atoms with Gasteiger partial charge in [0.05, 0.1) is 6.61 Å². The molecule has 0 saturated carbocycles. The Bertz CT molecular complexity index is 630. The van der Waals surface area contributed by atoms with Crippen molar-refractivity contribution < 1.29 is 32.2 Å². The van der Waals surface area contributed by atoms with E-state index in [-0.39, 0.29) is 12.2 Å². The maximum absolute atomic E-state index is 13.8. The van der Waals surface area contributed by atoms with Crippen molar-refractivity contribution in [2.45, 2.75) is 31.7 Å². The number of esters is 1. The zero-order chi connectivity index (χ0) is 18.2. The smallest absolute Gasteiger partial charge is 0.430 e. The number of amides is 1. The van der Waals surface area contributed by atoms with E-state index in [2.05, 4.69) is 10.1 Å². The lowest BCUT2D eigenvalue weighted by molar-refractivity contribution is -0.266. The van der Waals surface area contributed by atoms with Crippen LogP contribution in [0.15, 0.2) is 30.3 Å². The monoisotopic (exact) mass is 345 g/mol. The van der Waals surface area contributed by atoms with Crippen molar-refractivity contribution in [2.75, 3.05) is 13.7 Å². The Morgan fingerprint density at radius 1 is 1.29 bits per heavy atom. The molecule has 1 N–H and O–H groups in total. The largest absolute Gasteiger partial charge is 0.463 e. The zero-order valence-electron chi connectivity index (χ0n) is 13.4. The van der Waals surface area contributed by atoms with E-state index >= 15 is 0 Å². The molecule has 0 aromatic heterocycles. The minimum atomic E-state index is -5.03. The number of nitrogens with one attached hydrogen (secondary N) is 1. The summed E-state index contributed by atoms with van der Waals surface area (Å²) in [5.74, 6) is -2.23. The van der Waals surface area contributed by atoms with Gasteiger partial charge < -0.3 is 14.8 Å². The van der Waals surface area contributed by atoms with Crippen LogP contribution in [0.2, 0.25) is 0 Å². The summed E-state index contributed by atoms with van der Waals surface area (Å²) in [5.41, 5.74) is -4.41. The van der Waals surface area contributed by atoms with Crippen molar-refractivity contribution in [3.8, 4) is 0 Å². The summed E-state index contributed by atoms with van der Waals surface area (Å²) < 4.78 is 50.8. The van der Waals surface area contributed by atoms with E-state index in [0.717, 1.165) is 19.2 Å². The minimum absolute atomic E-state index is 0.00805. The lowest BCUT2D eigenvalue weighted by Crippen LogP contribution is -2.60. The van der Waals surface area contributed by atoms with Gasteiger partial charge >= 0.3 is 12.1 Å². The van der Waals surface area contributed by atoms with Gasteiger partial charge in [0, 0.05) is 18.1 Å². The highest BCUT2D eigenvalue weighted by Crippen LogP contribution is 2.42. The molecule has 0 bridgehead atoms. The van der Waals surface area contributed by atoms with Crippen LogP contribution < -0.4 is 5.32 Å². The summed E-state index contributed by atoms with van der Waals surface area (Å²) in [6.07, 6.45) is -5.03. The molecule has 2 atom stereocenters. The van der Waals surface area contributed by atoms with Gasteiger partial charge in [-0.2, -0.15) is 13.2 Å². The Morgan fingerprint density at radius 3 is 2.29 bits per heavy atom. The Hall–Kier alpha value is -2.09. The SMILES string of the molecule is CO[C@](C(=O)N[C@@H]1C(=O)OCC1(C)C)(c1ccccc1)C(F)(F)F. The lowest BCUT2D eigenvalue weighted by atomic mass is 9.85. The molecular formula is C16H18F3NO4. The van der Waals surface area contributed by atoms with Crippen LogP contribution in [-0.4, -0.2) is 37.8 Å². The second-order valence-electron chi connectivity index (χ2n) is 6.25.